The number of halogens is 2. The molecule has 3 aromatic carbocycles. The van der Waals surface area contributed by atoms with Gasteiger partial charge in [0, 0.05) is 14.5 Å². The molecule has 1 aromatic heterocycles. The Morgan fingerprint density at radius 2 is 1.75 bits per heavy atom. The summed E-state index contributed by atoms with van der Waals surface area (Å²) < 4.78 is 26.4. The van der Waals surface area contributed by atoms with Crippen molar-refractivity contribution in [3.63, 3.8) is 0 Å². The van der Waals surface area contributed by atoms with Crippen molar-refractivity contribution in [3.05, 3.63) is 117 Å². The number of fused-ring (bicyclic) bond motifs is 1. The van der Waals surface area contributed by atoms with Crippen molar-refractivity contribution in [1.82, 2.24) is 4.57 Å². The van der Waals surface area contributed by atoms with E-state index in [9.17, 15) is 9.59 Å². The lowest BCUT2D eigenvalue weighted by Gasteiger charge is -2.26. The van der Waals surface area contributed by atoms with Crippen LogP contribution in [0.3, 0.4) is 0 Å². The summed E-state index contributed by atoms with van der Waals surface area (Å²) in [6.45, 7) is 5.69. The Bertz CT molecular complexity index is 1930. The number of methoxy groups -OCH3 is 2. The highest BCUT2D eigenvalue weighted by Gasteiger charge is 2.35. The first-order valence-corrected chi connectivity index (χ1v) is 16.1. The van der Waals surface area contributed by atoms with Crippen molar-refractivity contribution < 1.29 is 23.7 Å². The smallest absolute Gasteiger partial charge is 0.338 e. The van der Waals surface area contributed by atoms with E-state index in [0.29, 0.717) is 50.0 Å². The van der Waals surface area contributed by atoms with Gasteiger partial charge in [-0.25, -0.2) is 9.79 Å². The Hall–Kier alpha value is -3.67. The number of esters is 1. The lowest BCUT2D eigenvalue weighted by atomic mass is 9.95. The normalized spacial score (nSPS) is 14.7. The van der Waals surface area contributed by atoms with E-state index in [0.717, 1.165) is 14.5 Å². The van der Waals surface area contributed by atoms with Gasteiger partial charge in [0.05, 0.1) is 36.1 Å². The summed E-state index contributed by atoms with van der Waals surface area (Å²) in [5.74, 6) is 1.07. The van der Waals surface area contributed by atoms with Gasteiger partial charge < -0.3 is 18.9 Å². The quantitative estimate of drug-likeness (QED) is 0.187. The van der Waals surface area contributed by atoms with Crippen LogP contribution in [-0.4, -0.2) is 30.9 Å². The third-order valence-corrected chi connectivity index (χ3v) is 9.04. The molecule has 0 fully saturated rings. The molecule has 8 nitrogen and oxygen atoms in total. The molecule has 1 aliphatic rings. The van der Waals surface area contributed by atoms with E-state index in [1.807, 2.05) is 54.6 Å². The minimum Gasteiger partial charge on any atom is -0.496 e. The first kappa shape index (κ1) is 31.7. The van der Waals surface area contributed by atoms with Crippen LogP contribution in [0.2, 0.25) is 0 Å². The van der Waals surface area contributed by atoms with E-state index in [2.05, 4.69) is 36.9 Å². The molecule has 0 radical (unpaired) electrons. The average Bonchev–Trinajstić information content (AvgIpc) is 3.30. The van der Waals surface area contributed by atoms with Gasteiger partial charge in [-0.1, -0.05) is 73.5 Å². The predicted octanol–water partition coefficient (Wildman–Crippen LogP) is 6.31. The summed E-state index contributed by atoms with van der Waals surface area (Å²) in [4.78, 5) is 32.8. The number of benzene rings is 3. The minimum atomic E-state index is -0.821. The summed E-state index contributed by atoms with van der Waals surface area (Å²) >= 11 is 8.41. The number of rotatable bonds is 9. The van der Waals surface area contributed by atoms with Crippen molar-refractivity contribution in [2.24, 2.45) is 4.99 Å². The molecule has 0 unspecified atom stereocenters. The van der Waals surface area contributed by atoms with Crippen LogP contribution < -0.4 is 29.1 Å². The van der Waals surface area contributed by atoms with Gasteiger partial charge in [0.2, 0.25) is 0 Å². The molecule has 228 valence electrons. The second-order valence-electron chi connectivity index (χ2n) is 10.2. The maximum absolute atomic E-state index is 14.2. The number of aromatic nitrogens is 1. The fourth-order valence-electron chi connectivity index (χ4n) is 4.88. The van der Waals surface area contributed by atoms with Crippen molar-refractivity contribution in [2.45, 2.75) is 39.5 Å². The van der Waals surface area contributed by atoms with Crippen LogP contribution in [0.5, 0.6) is 17.2 Å². The number of hydrogen-bond donors (Lipinski definition) is 0. The second-order valence-corrected chi connectivity index (χ2v) is 13.0. The van der Waals surface area contributed by atoms with Crippen molar-refractivity contribution in [2.75, 3.05) is 14.2 Å². The van der Waals surface area contributed by atoms with E-state index >= 15 is 0 Å². The third kappa shape index (κ3) is 6.55. The number of nitrogens with zero attached hydrogens (tertiary/aromatic N) is 2. The molecule has 1 aliphatic heterocycles. The molecule has 5 rings (SSSR count). The number of carbonyl (C=O) groups excluding carboxylic acids is 1. The molecule has 0 saturated heterocycles. The lowest BCUT2D eigenvalue weighted by Crippen LogP contribution is -2.40. The zero-order valence-corrected chi connectivity index (χ0v) is 28.7. The Morgan fingerprint density at radius 1 is 1.02 bits per heavy atom. The van der Waals surface area contributed by atoms with Crippen molar-refractivity contribution >= 4 is 55.2 Å². The average molecular weight is 742 g/mol. The predicted molar refractivity (Wildman–Crippen MR) is 177 cm³/mol. The molecule has 1 atom stereocenters. The van der Waals surface area contributed by atoms with Crippen LogP contribution in [0.15, 0.2) is 90.7 Å². The molecular formula is C33H30Br2N2O6S. The molecule has 0 amide bonds. The Morgan fingerprint density at radius 3 is 2.43 bits per heavy atom. The van der Waals surface area contributed by atoms with Crippen LogP contribution in [0.4, 0.5) is 0 Å². The molecule has 0 bridgehead atoms. The van der Waals surface area contributed by atoms with Crippen LogP contribution in [0, 0.1) is 0 Å². The van der Waals surface area contributed by atoms with E-state index in [1.54, 1.807) is 47.1 Å². The molecule has 2 heterocycles. The molecular weight excluding hydrogens is 712 g/mol. The SMILES string of the molecule is COc1cc(/C=c2\sc3n(c2=O)[C@@H](c2cc(Br)ccc2OC)C(C(=O)OC(C)C)=C(C)N=3)c(Br)cc1OCc1ccccc1. The molecule has 44 heavy (non-hydrogen) atoms. The van der Waals surface area contributed by atoms with Gasteiger partial charge in [0.15, 0.2) is 16.3 Å². The summed E-state index contributed by atoms with van der Waals surface area (Å²) in [5, 5.41) is 0. The summed E-state index contributed by atoms with van der Waals surface area (Å²) in [7, 11) is 3.12. The number of allylic oxidation sites excluding steroid dienone is 1. The topological polar surface area (TPSA) is 88.4 Å². The number of thiazole rings is 1. The lowest BCUT2D eigenvalue weighted by molar-refractivity contribution is -0.143. The standard InChI is InChI=1S/C33H30Br2N2O6S/c1-18(2)43-32(39)29-19(3)36-33-37(30(29)23-15-22(34)11-12-25(23)40-4)31(38)28(44-33)14-21-13-26(41-5)27(16-24(21)35)42-17-20-9-7-6-8-10-20/h6-16,18,30H,17H2,1-5H3/b28-14-/t30-/m0/s1. The van der Waals surface area contributed by atoms with Crippen molar-refractivity contribution in [3.8, 4) is 17.2 Å². The van der Waals surface area contributed by atoms with Gasteiger partial charge in [-0.2, -0.15) is 0 Å². The van der Waals surface area contributed by atoms with Crippen LogP contribution >= 0.6 is 43.2 Å². The van der Waals surface area contributed by atoms with Gasteiger partial charge >= 0.3 is 5.97 Å². The van der Waals surface area contributed by atoms with Crippen LogP contribution in [0.25, 0.3) is 6.08 Å². The number of carbonyl (C=O) groups is 1. The molecule has 11 heteroatoms. The van der Waals surface area contributed by atoms with E-state index in [-0.39, 0.29) is 17.2 Å². The maximum atomic E-state index is 14.2. The first-order valence-electron chi connectivity index (χ1n) is 13.7. The molecule has 0 saturated carbocycles. The zero-order chi connectivity index (χ0) is 31.5. The second kappa shape index (κ2) is 13.5. The highest BCUT2D eigenvalue weighted by Crippen LogP contribution is 2.38. The summed E-state index contributed by atoms with van der Waals surface area (Å²) in [5.41, 5.74) is 2.81. The fourth-order valence-corrected chi connectivity index (χ4v) is 6.74. The van der Waals surface area contributed by atoms with Crippen LogP contribution in [-0.2, 0) is 16.1 Å². The van der Waals surface area contributed by atoms with Gasteiger partial charge in [0.1, 0.15) is 18.4 Å². The molecule has 0 aliphatic carbocycles. The van der Waals surface area contributed by atoms with Gasteiger partial charge in [-0.05, 0) is 68.3 Å². The molecule has 0 N–H and O–H groups in total. The van der Waals surface area contributed by atoms with Crippen molar-refractivity contribution in [1.29, 1.82) is 0 Å². The molecule has 4 aromatic rings. The Balaban J connectivity index is 1.63. The van der Waals surface area contributed by atoms with Gasteiger partial charge in [0.25, 0.3) is 5.56 Å². The van der Waals surface area contributed by atoms with E-state index < -0.39 is 12.0 Å². The van der Waals surface area contributed by atoms with E-state index in [1.165, 1.54) is 15.9 Å². The Kier molecular flexibility index (Phi) is 9.77. The summed E-state index contributed by atoms with van der Waals surface area (Å²) in [6, 6.07) is 18.1. The minimum absolute atomic E-state index is 0.275. The molecule has 0 spiro atoms. The van der Waals surface area contributed by atoms with E-state index in [4.69, 9.17) is 18.9 Å². The van der Waals surface area contributed by atoms with Gasteiger partial charge in [-0.15, -0.1) is 0 Å². The summed E-state index contributed by atoms with van der Waals surface area (Å²) in [6.07, 6.45) is 1.42. The van der Waals surface area contributed by atoms with Gasteiger partial charge in [-0.3, -0.25) is 9.36 Å². The largest absolute Gasteiger partial charge is 0.496 e. The zero-order valence-electron chi connectivity index (χ0n) is 24.7. The maximum Gasteiger partial charge on any atom is 0.338 e. The fraction of sp³-hybridized carbons (Fsp3) is 0.242. The monoisotopic (exact) mass is 740 g/mol. The third-order valence-electron chi connectivity index (χ3n) is 6.88. The van der Waals surface area contributed by atoms with Crippen LogP contribution in [0.1, 0.15) is 43.5 Å². The first-order chi connectivity index (χ1) is 21.1. The highest BCUT2D eigenvalue weighted by atomic mass is 79.9. The Labute approximate surface area is 275 Å². The highest BCUT2D eigenvalue weighted by molar-refractivity contribution is 9.10. The number of hydrogen-bond acceptors (Lipinski definition) is 8. The number of ether oxygens (including phenoxy) is 4.